The summed E-state index contributed by atoms with van der Waals surface area (Å²) >= 11 is 6.03. The smallest absolute Gasteiger partial charge is 0.344 e. The Labute approximate surface area is 192 Å². The van der Waals surface area contributed by atoms with Crippen molar-refractivity contribution >= 4 is 23.3 Å². The number of nitrogens with one attached hydrogen (secondary N) is 1. The zero-order chi connectivity index (χ0) is 23.5. The molecule has 3 heterocycles. The SMILES string of the molecule is CC.O=C1N2C=CC=CC2NN1C(O)(O)CC(O)(O)N1CCN(c2cccc(Cl)c2)CC1. The molecule has 5 N–H and O–H groups in total. The zero-order valence-electron chi connectivity index (χ0n) is 18.1. The number of aliphatic hydroxyl groups is 4. The quantitative estimate of drug-likeness (QED) is 0.403. The van der Waals surface area contributed by atoms with E-state index in [9.17, 15) is 25.2 Å². The fourth-order valence-electron chi connectivity index (χ4n) is 3.85. The van der Waals surface area contributed by atoms with Crippen molar-refractivity contribution in [1.82, 2.24) is 20.2 Å². The van der Waals surface area contributed by atoms with Gasteiger partial charge >= 0.3 is 6.03 Å². The average Bonchev–Trinajstić information content (AvgIpc) is 3.12. The first-order chi connectivity index (χ1) is 15.2. The third-order valence-corrected chi connectivity index (χ3v) is 5.65. The Morgan fingerprint density at radius 3 is 2.38 bits per heavy atom. The summed E-state index contributed by atoms with van der Waals surface area (Å²) in [7, 11) is 0. The molecule has 0 spiro atoms. The van der Waals surface area contributed by atoms with Crippen molar-refractivity contribution in [2.24, 2.45) is 0 Å². The second kappa shape index (κ2) is 9.75. The molecule has 0 aliphatic carbocycles. The van der Waals surface area contributed by atoms with Crippen LogP contribution < -0.4 is 10.3 Å². The van der Waals surface area contributed by atoms with Gasteiger partial charge in [0, 0.05) is 43.1 Å². The number of carbonyl (C=O) groups is 1. The van der Waals surface area contributed by atoms with E-state index in [1.807, 2.05) is 36.9 Å². The van der Waals surface area contributed by atoms with Gasteiger partial charge in [-0.2, -0.15) is 5.43 Å². The molecule has 0 aromatic heterocycles. The predicted molar refractivity (Wildman–Crippen MR) is 120 cm³/mol. The molecule has 1 atom stereocenters. The molecule has 11 heteroatoms. The monoisotopic (exact) mass is 467 g/mol. The Hall–Kier alpha value is -2.18. The van der Waals surface area contributed by atoms with Gasteiger partial charge in [0.2, 0.25) is 5.91 Å². The summed E-state index contributed by atoms with van der Waals surface area (Å²) in [4.78, 5) is 17.1. The fraction of sp³-hybridized carbons (Fsp3) is 0.476. The Balaban J connectivity index is 0.00000141. The van der Waals surface area contributed by atoms with Gasteiger partial charge in [0.05, 0.1) is 6.42 Å². The molecule has 176 valence electrons. The summed E-state index contributed by atoms with van der Waals surface area (Å²) in [6, 6.07) is 6.66. The van der Waals surface area contributed by atoms with E-state index in [4.69, 9.17) is 11.6 Å². The van der Waals surface area contributed by atoms with Crippen molar-refractivity contribution in [1.29, 1.82) is 0 Å². The lowest BCUT2D eigenvalue weighted by Crippen LogP contribution is -2.64. The molecule has 2 saturated heterocycles. The number of piperazine rings is 1. The van der Waals surface area contributed by atoms with Crippen molar-refractivity contribution in [2.45, 2.75) is 38.3 Å². The van der Waals surface area contributed by atoms with Crippen LogP contribution in [-0.4, -0.2) is 85.4 Å². The number of fused-ring (bicyclic) bond motifs is 1. The first kappa shape index (κ1) is 24.5. The fourth-order valence-corrected chi connectivity index (χ4v) is 4.03. The molecular formula is C21H30ClN5O5. The maximum Gasteiger partial charge on any atom is 0.344 e. The first-order valence-electron chi connectivity index (χ1n) is 10.6. The number of hydrogen-bond acceptors (Lipinski definition) is 8. The minimum Gasteiger partial charge on any atom is -0.369 e. The molecule has 1 unspecified atom stereocenters. The van der Waals surface area contributed by atoms with Crippen molar-refractivity contribution < 1.29 is 25.2 Å². The number of halogens is 1. The van der Waals surface area contributed by atoms with Gasteiger partial charge in [0.15, 0.2) is 0 Å². The molecule has 10 nitrogen and oxygen atoms in total. The molecule has 0 saturated carbocycles. The lowest BCUT2D eigenvalue weighted by atomic mass is 10.1. The summed E-state index contributed by atoms with van der Waals surface area (Å²) in [6.45, 7) is 5.49. The van der Waals surface area contributed by atoms with Gasteiger partial charge < -0.3 is 25.3 Å². The Bertz CT molecular complexity index is 870. The second-order valence-corrected chi connectivity index (χ2v) is 7.94. The highest BCUT2D eigenvalue weighted by atomic mass is 35.5. The molecule has 0 radical (unpaired) electrons. The van der Waals surface area contributed by atoms with Crippen LogP contribution in [0.15, 0.2) is 48.7 Å². The summed E-state index contributed by atoms with van der Waals surface area (Å²) in [5, 5.41) is 43.4. The van der Waals surface area contributed by atoms with E-state index < -0.39 is 30.4 Å². The molecule has 4 rings (SSSR count). The standard InChI is InChI=1S/C19H24ClN5O5.C2H6/c20-14-4-3-5-15(12-14)22-8-10-23(11-9-22)18(27,28)13-19(29,30)25-17(26)24-7-2-1-6-16(24)21-25;1-2/h1-7,12,16,21,27-30H,8-11,13H2;1-2H3. The van der Waals surface area contributed by atoms with E-state index in [2.05, 4.69) is 5.43 Å². The van der Waals surface area contributed by atoms with Crippen LogP contribution in [-0.2, 0) is 0 Å². The maximum absolute atomic E-state index is 12.5. The highest BCUT2D eigenvalue weighted by molar-refractivity contribution is 6.30. The molecule has 2 fully saturated rings. The number of carbonyl (C=O) groups excluding carboxylic acids is 1. The van der Waals surface area contributed by atoms with Crippen molar-refractivity contribution in [3.63, 3.8) is 0 Å². The van der Waals surface area contributed by atoms with Crippen molar-refractivity contribution in [3.05, 3.63) is 53.7 Å². The molecule has 32 heavy (non-hydrogen) atoms. The van der Waals surface area contributed by atoms with Gasteiger partial charge in [-0.25, -0.2) is 14.7 Å². The predicted octanol–water partition coefficient (Wildman–Crippen LogP) is 0.807. The Kier molecular flexibility index (Phi) is 7.46. The Morgan fingerprint density at radius 1 is 1.06 bits per heavy atom. The first-order valence-corrected chi connectivity index (χ1v) is 10.9. The minimum absolute atomic E-state index is 0.261. The highest BCUT2D eigenvalue weighted by Gasteiger charge is 2.51. The van der Waals surface area contributed by atoms with Crippen molar-refractivity contribution in [3.8, 4) is 0 Å². The number of rotatable bonds is 5. The highest BCUT2D eigenvalue weighted by Crippen LogP contribution is 2.29. The van der Waals surface area contributed by atoms with Crippen LogP contribution in [0, 0.1) is 0 Å². The van der Waals surface area contributed by atoms with Gasteiger partial charge in [-0.15, -0.1) is 0 Å². The molecule has 3 aliphatic rings. The summed E-state index contributed by atoms with van der Waals surface area (Å²) in [5.74, 6) is -5.37. The number of allylic oxidation sites excluding steroid dienone is 2. The van der Waals surface area contributed by atoms with E-state index in [1.54, 1.807) is 24.3 Å². The molecular weight excluding hydrogens is 438 g/mol. The maximum atomic E-state index is 12.5. The number of urea groups is 1. The Morgan fingerprint density at radius 2 is 1.75 bits per heavy atom. The number of nitrogens with zero attached hydrogens (tertiary/aromatic N) is 4. The van der Waals surface area contributed by atoms with Gasteiger partial charge in [-0.05, 0) is 30.4 Å². The zero-order valence-corrected chi connectivity index (χ0v) is 18.9. The third-order valence-electron chi connectivity index (χ3n) is 5.42. The summed E-state index contributed by atoms with van der Waals surface area (Å²) in [5.41, 5.74) is 3.58. The lowest BCUT2D eigenvalue weighted by molar-refractivity contribution is -0.348. The van der Waals surface area contributed by atoms with Crippen LogP contribution in [0.5, 0.6) is 0 Å². The van der Waals surface area contributed by atoms with Gasteiger partial charge in [-0.1, -0.05) is 37.6 Å². The van der Waals surface area contributed by atoms with Crippen LogP contribution >= 0.6 is 11.6 Å². The summed E-state index contributed by atoms with van der Waals surface area (Å²) < 4.78 is 0. The largest absolute Gasteiger partial charge is 0.369 e. The molecule has 1 aromatic rings. The van der Waals surface area contributed by atoms with Gasteiger partial charge in [0.25, 0.3) is 5.91 Å². The van der Waals surface area contributed by atoms with E-state index in [0.29, 0.717) is 23.1 Å². The van der Waals surface area contributed by atoms with Crippen LogP contribution in [0.4, 0.5) is 10.5 Å². The molecule has 2 amide bonds. The average molecular weight is 468 g/mol. The van der Waals surface area contributed by atoms with E-state index in [-0.39, 0.29) is 13.1 Å². The van der Waals surface area contributed by atoms with E-state index >= 15 is 0 Å². The number of hydrogen-bond donors (Lipinski definition) is 5. The third kappa shape index (κ3) is 5.07. The van der Waals surface area contributed by atoms with Crippen LogP contribution in [0.2, 0.25) is 5.02 Å². The second-order valence-electron chi connectivity index (χ2n) is 7.51. The lowest BCUT2D eigenvalue weighted by Gasteiger charge is -2.44. The molecule has 3 aliphatic heterocycles. The normalized spacial score (nSPS) is 21.5. The van der Waals surface area contributed by atoms with Crippen LogP contribution in [0.25, 0.3) is 0 Å². The number of hydrazine groups is 1. The van der Waals surface area contributed by atoms with Crippen LogP contribution in [0.3, 0.4) is 0 Å². The van der Waals surface area contributed by atoms with E-state index in [1.165, 1.54) is 16.0 Å². The number of anilines is 1. The molecule has 0 bridgehead atoms. The number of benzene rings is 1. The minimum atomic E-state index is -2.83. The van der Waals surface area contributed by atoms with Gasteiger partial charge in [-0.3, -0.25) is 4.90 Å². The van der Waals surface area contributed by atoms with Crippen LogP contribution in [0.1, 0.15) is 20.3 Å². The van der Waals surface area contributed by atoms with Gasteiger partial charge in [0.1, 0.15) is 6.17 Å². The summed E-state index contributed by atoms with van der Waals surface area (Å²) in [6.07, 6.45) is 5.02. The topological polar surface area (TPSA) is 123 Å². The number of amides is 2. The molecule has 1 aromatic carbocycles. The van der Waals surface area contributed by atoms with E-state index in [0.717, 1.165) is 5.69 Å². The van der Waals surface area contributed by atoms with Crippen molar-refractivity contribution in [2.75, 3.05) is 31.1 Å².